The monoisotopic (exact) mass is 489 g/mol. The Bertz CT molecular complexity index is 532. The van der Waals surface area contributed by atoms with E-state index in [9.17, 15) is 0 Å². The highest BCUT2D eigenvalue weighted by Crippen LogP contribution is 2.19. The second-order valence-corrected chi connectivity index (χ2v) is 6.90. The van der Waals surface area contributed by atoms with E-state index >= 15 is 0 Å². The summed E-state index contributed by atoms with van der Waals surface area (Å²) in [5.41, 5.74) is 1.17. The molecule has 0 bridgehead atoms. The van der Waals surface area contributed by atoms with Crippen molar-refractivity contribution >= 4 is 29.9 Å². The lowest BCUT2D eigenvalue weighted by Crippen LogP contribution is -2.37. The summed E-state index contributed by atoms with van der Waals surface area (Å²) in [6.45, 7) is 2.51. The molecule has 154 valence electrons. The molecule has 1 saturated carbocycles. The van der Waals surface area contributed by atoms with E-state index < -0.39 is 0 Å². The summed E-state index contributed by atoms with van der Waals surface area (Å²) in [7, 11) is 3.49. The lowest BCUT2D eigenvalue weighted by atomic mass is 10.1. The molecular formula is C21H36IN3O2. The molecule has 0 aromatic heterocycles. The van der Waals surface area contributed by atoms with Crippen molar-refractivity contribution in [2.45, 2.75) is 64.0 Å². The standard InChI is InChI=1S/C21H35N3O2.HI/c1-22-21(24-17-18-10-9-13-20(16-18)25-2)23-14-7-8-15-26-19-11-5-3-4-6-12-19;/h9-10,13,16,19H,3-8,11-12,14-15,17H2,1-2H3,(H2,22,23,24);1H. The van der Waals surface area contributed by atoms with E-state index in [2.05, 4.69) is 21.7 Å². The van der Waals surface area contributed by atoms with E-state index in [0.29, 0.717) is 6.10 Å². The van der Waals surface area contributed by atoms with Gasteiger partial charge in [0.25, 0.3) is 0 Å². The minimum atomic E-state index is 0. The summed E-state index contributed by atoms with van der Waals surface area (Å²) in [4.78, 5) is 4.28. The molecule has 0 radical (unpaired) electrons. The predicted molar refractivity (Wildman–Crippen MR) is 123 cm³/mol. The average Bonchev–Trinajstić information content (AvgIpc) is 2.96. The fourth-order valence-electron chi connectivity index (χ4n) is 3.28. The van der Waals surface area contributed by atoms with Crippen LogP contribution in [0.1, 0.15) is 56.9 Å². The third-order valence-corrected chi connectivity index (χ3v) is 4.84. The minimum Gasteiger partial charge on any atom is -0.497 e. The summed E-state index contributed by atoms with van der Waals surface area (Å²) in [6, 6.07) is 8.06. The molecule has 1 aromatic rings. The number of hydrogen-bond acceptors (Lipinski definition) is 3. The lowest BCUT2D eigenvalue weighted by Gasteiger charge is -2.15. The largest absolute Gasteiger partial charge is 0.497 e. The van der Waals surface area contributed by atoms with Crippen molar-refractivity contribution in [1.29, 1.82) is 0 Å². The highest BCUT2D eigenvalue weighted by molar-refractivity contribution is 14.0. The molecular weight excluding hydrogens is 453 g/mol. The van der Waals surface area contributed by atoms with E-state index in [0.717, 1.165) is 44.2 Å². The van der Waals surface area contributed by atoms with Gasteiger partial charge in [0.15, 0.2) is 5.96 Å². The first kappa shape index (κ1) is 24.0. The zero-order valence-electron chi connectivity index (χ0n) is 16.8. The SMILES string of the molecule is CN=C(NCCCCOC1CCCCCC1)NCc1cccc(OC)c1.I. The van der Waals surface area contributed by atoms with Gasteiger partial charge in [0.1, 0.15) is 5.75 Å². The Morgan fingerprint density at radius 3 is 2.59 bits per heavy atom. The summed E-state index contributed by atoms with van der Waals surface area (Å²) in [5.74, 6) is 1.71. The molecule has 5 nitrogen and oxygen atoms in total. The zero-order valence-corrected chi connectivity index (χ0v) is 19.2. The van der Waals surface area contributed by atoms with E-state index in [4.69, 9.17) is 9.47 Å². The van der Waals surface area contributed by atoms with Crippen molar-refractivity contribution < 1.29 is 9.47 Å². The Kier molecular flexibility index (Phi) is 13.3. The number of unbranched alkanes of at least 4 members (excludes halogenated alkanes) is 1. The number of guanidine groups is 1. The van der Waals surface area contributed by atoms with Gasteiger partial charge >= 0.3 is 0 Å². The van der Waals surface area contributed by atoms with Gasteiger partial charge in [-0.15, -0.1) is 24.0 Å². The third kappa shape index (κ3) is 10.2. The van der Waals surface area contributed by atoms with Crippen molar-refractivity contribution in [2.24, 2.45) is 4.99 Å². The van der Waals surface area contributed by atoms with E-state index in [1.807, 2.05) is 18.2 Å². The number of rotatable bonds is 9. The highest BCUT2D eigenvalue weighted by Gasteiger charge is 2.11. The molecule has 0 amide bonds. The lowest BCUT2D eigenvalue weighted by molar-refractivity contribution is 0.0411. The molecule has 6 heteroatoms. The van der Waals surface area contributed by atoms with Gasteiger partial charge in [-0.2, -0.15) is 0 Å². The van der Waals surface area contributed by atoms with Crippen LogP contribution in [-0.4, -0.2) is 39.4 Å². The molecule has 0 aliphatic heterocycles. The van der Waals surface area contributed by atoms with Crippen LogP contribution in [0.3, 0.4) is 0 Å². The van der Waals surface area contributed by atoms with Crippen molar-refractivity contribution in [3.05, 3.63) is 29.8 Å². The maximum Gasteiger partial charge on any atom is 0.191 e. The number of methoxy groups -OCH3 is 1. The first-order valence-electron chi connectivity index (χ1n) is 10.0. The fraction of sp³-hybridized carbons (Fsp3) is 0.667. The third-order valence-electron chi connectivity index (χ3n) is 4.84. The van der Waals surface area contributed by atoms with Gasteiger partial charge in [-0.05, 0) is 43.4 Å². The zero-order chi connectivity index (χ0) is 18.5. The second kappa shape index (κ2) is 15.0. The molecule has 0 saturated heterocycles. The van der Waals surface area contributed by atoms with Crippen LogP contribution in [0, 0.1) is 0 Å². The molecule has 27 heavy (non-hydrogen) atoms. The average molecular weight is 489 g/mol. The molecule has 1 aromatic carbocycles. The molecule has 2 N–H and O–H groups in total. The van der Waals surface area contributed by atoms with Crippen LogP contribution < -0.4 is 15.4 Å². The molecule has 1 fully saturated rings. The van der Waals surface area contributed by atoms with Gasteiger partial charge < -0.3 is 20.1 Å². The van der Waals surface area contributed by atoms with Crippen molar-refractivity contribution in [2.75, 3.05) is 27.3 Å². The Hall–Kier alpha value is -1.02. The predicted octanol–water partition coefficient (Wildman–Crippen LogP) is 4.50. The molecule has 0 unspecified atom stereocenters. The van der Waals surface area contributed by atoms with Crippen molar-refractivity contribution in [3.63, 3.8) is 0 Å². The number of ether oxygens (including phenoxy) is 2. The van der Waals surface area contributed by atoms with Crippen LogP contribution >= 0.6 is 24.0 Å². The number of nitrogens with one attached hydrogen (secondary N) is 2. The first-order chi connectivity index (χ1) is 12.8. The number of aliphatic imine (C=N–C) groups is 1. The minimum absolute atomic E-state index is 0. The van der Waals surface area contributed by atoms with Crippen LogP contribution in [0.2, 0.25) is 0 Å². The second-order valence-electron chi connectivity index (χ2n) is 6.90. The maximum atomic E-state index is 6.04. The number of nitrogens with zero attached hydrogens (tertiary/aromatic N) is 1. The smallest absolute Gasteiger partial charge is 0.191 e. The van der Waals surface area contributed by atoms with Gasteiger partial charge in [0.2, 0.25) is 0 Å². The van der Waals surface area contributed by atoms with Gasteiger partial charge in [-0.3, -0.25) is 4.99 Å². The number of halogens is 1. The van der Waals surface area contributed by atoms with Gasteiger partial charge in [0.05, 0.1) is 13.2 Å². The van der Waals surface area contributed by atoms with Crippen LogP contribution in [-0.2, 0) is 11.3 Å². The van der Waals surface area contributed by atoms with Crippen molar-refractivity contribution in [3.8, 4) is 5.75 Å². The number of hydrogen-bond donors (Lipinski definition) is 2. The molecule has 1 aliphatic rings. The van der Waals surface area contributed by atoms with E-state index in [1.165, 1.54) is 44.1 Å². The fourth-order valence-corrected chi connectivity index (χ4v) is 3.28. The summed E-state index contributed by atoms with van der Waals surface area (Å²) in [6.07, 6.45) is 10.6. The van der Waals surface area contributed by atoms with Gasteiger partial charge in [-0.1, -0.05) is 37.8 Å². The normalized spacial score (nSPS) is 15.6. The summed E-state index contributed by atoms with van der Waals surface area (Å²) < 4.78 is 11.3. The summed E-state index contributed by atoms with van der Waals surface area (Å²) >= 11 is 0. The molecule has 1 aliphatic carbocycles. The Balaban J connectivity index is 0.00000364. The van der Waals surface area contributed by atoms with Crippen LogP contribution in [0.25, 0.3) is 0 Å². The van der Waals surface area contributed by atoms with Gasteiger partial charge in [-0.25, -0.2) is 0 Å². The van der Waals surface area contributed by atoms with E-state index in [-0.39, 0.29) is 24.0 Å². The van der Waals surface area contributed by atoms with Crippen LogP contribution in [0.5, 0.6) is 5.75 Å². The van der Waals surface area contributed by atoms with E-state index in [1.54, 1.807) is 14.2 Å². The summed E-state index contributed by atoms with van der Waals surface area (Å²) in [5, 5.41) is 6.71. The molecule has 0 spiro atoms. The Labute approximate surface area is 181 Å². The Morgan fingerprint density at radius 1 is 1.11 bits per heavy atom. The molecule has 0 atom stereocenters. The van der Waals surface area contributed by atoms with Crippen molar-refractivity contribution in [1.82, 2.24) is 10.6 Å². The van der Waals surface area contributed by atoms with Crippen LogP contribution in [0.4, 0.5) is 0 Å². The topological polar surface area (TPSA) is 54.9 Å². The quantitative estimate of drug-likeness (QED) is 0.176. The molecule has 0 heterocycles. The number of benzene rings is 1. The maximum absolute atomic E-state index is 6.04. The first-order valence-corrected chi connectivity index (χ1v) is 10.0. The Morgan fingerprint density at radius 2 is 1.89 bits per heavy atom. The highest BCUT2D eigenvalue weighted by atomic mass is 127. The molecule has 2 rings (SSSR count). The van der Waals surface area contributed by atoms with Crippen LogP contribution in [0.15, 0.2) is 29.3 Å². The van der Waals surface area contributed by atoms with Gasteiger partial charge in [0, 0.05) is 26.7 Å².